The minimum absolute atomic E-state index is 0.625. The van der Waals surface area contributed by atoms with E-state index in [1.54, 1.807) is 6.20 Å². The molecule has 0 amide bonds. The average molecular weight is 865 g/mol. The van der Waals surface area contributed by atoms with Crippen molar-refractivity contribution in [3.63, 3.8) is 0 Å². The van der Waals surface area contributed by atoms with Crippen molar-refractivity contribution in [3.8, 4) is 112 Å². The first kappa shape index (κ1) is 39.3. The first-order chi connectivity index (χ1) is 33.7. The van der Waals surface area contributed by atoms with Gasteiger partial charge < -0.3 is 0 Å². The van der Waals surface area contributed by atoms with Crippen LogP contribution < -0.4 is 0 Å². The van der Waals surface area contributed by atoms with E-state index in [1.807, 2.05) is 42.6 Å². The second-order valence-electron chi connectivity index (χ2n) is 17.3. The van der Waals surface area contributed by atoms with E-state index in [9.17, 15) is 0 Å². The van der Waals surface area contributed by atoms with E-state index < -0.39 is 0 Å². The van der Waals surface area contributed by atoms with Crippen molar-refractivity contribution in [3.05, 3.63) is 243 Å². The van der Waals surface area contributed by atoms with Gasteiger partial charge in [0.1, 0.15) is 0 Å². The van der Waals surface area contributed by atoms with Crippen LogP contribution in [0.1, 0.15) is 0 Å². The Bertz CT molecular complexity index is 3740. The fourth-order valence-electron chi connectivity index (χ4n) is 10.2. The molecule has 12 aromatic rings. The molecule has 1 aliphatic rings. The first-order valence-electron chi connectivity index (χ1n) is 23.0. The lowest BCUT2D eigenvalue weighted by Gasteiger charge is -2.20. The van der Waals surface area contributed by atoms with E-state index in [2.05, 4.69) is 199 Å². The van der Waals surface area contributed by atoms with Gasteiger partial charge in [-0.1, -0.05) is 224 Å². The molecular weight excluding hydrogens is 825 g/mol. The van der Waals surface area contributed by atoms with Gasteiger partial charge in [0.25, 0.3) is 0 Å². The molecule has 2 heterocycles. The van der Waals surface area contributed by atoms with Gasteiger partial charge in [0.05, 0.1) is 0 Å². The number of hydrogen-bond acceptors (Lipinski definition) is 4. The Morgan fingerprint density at radius 1 is 0.221 bits per heavy atom. The number of hydrogen-bond donors (Lipinski definition) is 0. The van der Waals surface area contributed by atoms with Crippen LogP contribution in [0.5, 0.6) is 0 Å². The van der Waals surface area contributed by atoms with Crippen LogP contribution in [-0.4, -0.2) is 19.9 Å². The highest BCUT2D eigenvalue weighted by Crippen LogP contribution is 2.58. The Hall–Kier alpha value is -9.12. The Morgan fingerprint density at radius 2 is 0.603 bits per heavy atom. The minimum atomic E-state index is 0.625. The summed E-state index contributed by atoms with van der Waals surface area (Å²) in [6.45, 7) is 0. The van der Waals surface area contributed by atoms with Crippen molar-refractivity contribution in [2.24, 2.45) is 0 Å². The second kappa shape index (κ2) is 16.4. The monoisotopic (exact) mass is 864 g/mol. The molecule has 0 saturated heterocycles. The molecular formula is C64H40N4. The van der Waals surface area contributed by atoms with Crippen LogP contribution in [0.25, 0.3) is 134 Å². The molecule has 0 fully saturated rings. The lowest BCUT2D eigenvalue weighted by molar-refractivity contribution is 1.07. The molecule has 0 unspecified atom stereocenters. The number of nitrogens with zero attached hydrogens (tertiary/aromatic N) is 4. The molecule has 4 nitrogen and oxygen atoms in total. The molecule has 316 valence electrons. The van der Waals surface area contributed by atoms with Gasteiger partial charge in [0.15, 0.2) is 17.5 Å². The SMILES string of the molecule is c1ccc(-c2nc(-c3ccc(-c4ccc(-c5ccc6c7c(cccc57)-c5c-6c(-c6ccccc6)c6ccccc6c5-c5ccccc5)cc4)cc3)nc(-c3ccc(-c4cccnc4)cc3)n2)cc1. The normalized spacial score (nSPS) is 11.5. The fourth-order valence-corrected chi connectivity index (χ4v) is 10.2. The van der Waals surface area contributed by atoms with Crippen LogP contribution in [-0.2, 0) is 0 Å². The van der Waals surface area contributed by atoms with E-state index in [4.69, 9.17) is 15.0 Å². The number of rotatable bonds is 8. The van der Waals surface area contributed by atoms with Gasteiger partial charge >= 0.3 is 0 Å². The molecule has 0 bridgehead atoms. The van der Waals surface area contributed by atoms with Gasteiger partial charge in [-0.25, -0.2) is 15.0 Å². The van der Waals surface area contributed by atoms with Crippen molar-refractivity contribution < 1.29 is 0 Å². The number of fused-ring (bicyclic) bond motifs is 4. The summed E-state index contributed by atoms with van der Waals surface area (Å²) in [7, 11) is 0. The van der Waals surface area contributed by atoms with E-state index in [-0.39, 0.29) is 0 Å². The van der Waals surface area contributed by atoms with Crippen molar-refractivity contribution >= 4 is 21.5 Å². The van der Waals surface area contributed by atoms with E-state index in [0.29, 0.717) is 17.5 Å². The predicted molar refractivity (Wildman–Crippen MR) is 281 cm³/mol. The van der Waals surface area contributed by atoms with Crippen LogP contribution in [0.15, 0.2) is 243 Å². The molecule has 10 aromatic carbocycles. The lowest BCUT2D eigenvalue weighted by atomic mass is 9.82. The highest BCUT2D eigenvalue weighted by atomic mass is 15.0. The molecule has 0 atom stereocenters. The maximum atomic E-state index is 5.02. The predicted octanol–water partition coefficient (Wildman–Crippen LogP) is 16.6. The highest BCUT2D eigenvalue weighted by Gasteiger charge is 2.31. The zero-order valence-corrected chi connectivity index (χ0v) is 36.9. The van der Waals surface area contributed by atoms with Crippen molar-refractivity contribution in [1.29, 1.82) is 0 Å². The largest absolute Gasteiger partial charge is 0.264 e. The molecule has 68 heavy (non-hydrogen) atoms. The molecule has 0 saturated carbocycles. The topological polar surface area (TPSA) is 51.6 Å². The smallest absolute Gasteiger partial charge is 0.164 e. The summed E-state index contributed by atoms with van der Waals surface area (Å²) < 4.78 is 0. The molecule has 0 aliphatic heterocycles. The van der Waals surface area contributed by atoms with Gasteiger partial charge in [-0.2, -0.15) is 0 Å². The molecule has 1 aliphatic carbocycles. The van der Waals surface area contributed by atoms with Gasteiger partial charge in [0.2, 0.25) is 0 Å². The van der Waals surface area contributed by atoms with Gasteiger partial charge in [-0.15, -0.1) is 0 Å². The lowest BCUT2D eigenvalue weighted by Crippen LogP contribution is -2.00. The standard InChI is InChI=1S/C64H40N4/c1-4-14-45(15-5-1)57-53-21-10-11-22-54(53)58(46-16-6-2-7-17-46)61-56-38-37-51(52-23-12-24-55(59(52)56)60(57)61)44-31-25-41(26-32-44)42-27-33-48(34-28-42)63-66-62(47-18-8-3-9-19-47)67-64(68-63)49-35-29-43(30-36-49)50-20-13-39-65-40-50/h1-40H. The summed E-state index contributed by atoms with van der Waals surface area (Å²) in [5, 5.41) is 5.10. The number of pyridine rings is 1. The maximum absolute atomic E-state index is 5.02. The summed E-state index contributed by atoms with van der Waals surface area (Å²) in [6, 6.07) is 82.3. The van der Waals surface area contributed by atoms with Crippen LogP contribution in [0.2, 0.25) is 0 Å². The Kier molecular flexibility index (Phi) is 9.47. The second-order valence-corrected chi connectivity index (χ2v) is 17.3. The van der Waals surface area contributed by atoms with Gasteiger partial charge in [-0.3, -0.25) is 4.98 Å². The van der Waals surface area contributed by atoms with Crippen molar-refractivity contribution in [2.75, 3.05) is 0 Å². The average Bonchev–Trinajstić information content (AvgIpc) is 3.75. The zero-order chi connectivity index (χ0) is 45.0. The van der Waals surface area contributed by atoms with Crippen LogP contribution in [0, 0.1) is 0 Å². The molecule has 0 spiro atoms. The molecule has 4 heteroatoms. The summed E-state index contributed by atoms with van der Waals surface area (Å²) >= 11 is 0. The first-order valence-corrected chi connectivity index (χ1v) is 23.0. The minimum Gasteiger partial charge on any atom is -0.264 e. The highest BCUT2D eigenvalue weighted by molar-refractivity contribution is 6.28. The van der Waals surface area contributed by atoms with Gasteiger partial charge in [-0.05, 0) is 105 Å². The van der Waals surface area contributed by atoms with Crippen LogP contribution in [0.3, 0.4) is 0 Å². The summed E-state index contributed by atoms with van der Waals surface area (Å²) in [5.41, 5.74) is 19.8. The summed E-state index contributed by atoms with van der Waals surface area (Å²) in [4.78, 5) is 19.3. The van der Waals surface area contributed by atoms with E-state index in [0.717, 1.165) is 38.9 Å². The molecule has 2 aromatic heterocycles. The number of benzene rings is 10. The van der Waals surface area contributed by atoms with Crippen molar-refractivity contribution in [2.45, 2.75) is 0 Å². The maximum Gasteiger partial charge on any atom is 0.164 e. The Morgan fingerprint density at radius 3 is 1.10 bits per heavy atom. The third-order valence-electron chi connectivity index (χ3n) is 13.4. The van der Waals surface area contributed by atoms with Gasteiger partial charge in [0, 0.05) is 29.1 Å². The van der Waals surface area contributed by atoms with E-state index >= 15 is 0 Å². The molecule has 0 radical (unpaired) electrons. The third-order valence-corrected chi connectivity index (χ3v) is 13.4. The Balaban J connectivity index is 0.863. The van der Waals surface area contributed by atoms with Crippen LogP contribution in [0.4, 0.5) is 0 Å². The third kappa shape index (κ3) is 6.69. The number of aromatic nitrogens is 4. The zero-order valence-electron chi connectivity index (χ0n) is 36.9. The molecule has 13 rings (SSSR count). The summed E-state index contributed by atoms with van der Waals surface area (Å²) in [5.74, 6) is 1.89. The van der Waals surface area contributed by atoms with Crippen molar-refractivity contribution in [1.82, 2.24) is 19.9 Å². The fraction of sp³-hybridized carbons (Fsp3) is 0. The molecule has 0 N–H and O–H groups in total. The summed E-state index contributed by atoms with van der Waals surface area (Å²) in [6.07, 6.45) is 3.66. The van der Waals surface area contributed by atoms with Crippen LogP contribution >= 0.6 is 0 Å². The van der Waals surface area contributed by atoms with E-state index in [1.165, 1.54) is 77.2 Å². The Labute approximate surface area is 394 Å². The quantitative estimate of drug-likeness (QED) is 0.153.